The molecule has 52 heavy (non-hydrogen) atoms. The molecule has 4 N–H and O–H groups in total. The van der Waals surface area contributed by atoms with E-state index in [0.29, 0.717) is 11.6 Å². The first-order chi connectivity index (χ1) is 24.5. The Bertz CT molecular complexity index is 2240. The lowest BCUT2D eigenvalue weighted by atomic mass is 9.97. The van der Waals surface area contributed by atoms with Crippen molar-refractivity contribution in [2.24, 2.45) is 5.92 Å². The topological polar surface area (TPSA) is 134 Å². The van der Waals surface area contributed by atoms with Gasteiger partial charge in [0.1, 0.15) is 22.9 Å². The minimum Gasteiger partial charge on any atom is -0.444 e. The minimum atomic E-state index is -0.582. The van der Waals surface area contributed by atoms with E-state index in [1.165, 1.54) is 0 Å². The summed E-state index contributed by atoms with van der Waals surface area (Å²) in [5, 5.41) is 10.3. The predicted molar refractivity (Wildman–Crippen MR) is 207 cm³/mol. The Morgan fingerprint density at radius 2 is 0.962 bits per heavy atom. The van der Waals surface area contributed by atoms with Crippen molar-refractivity contribution in [3.63, 3.8) is 0 Å². The van der Waals surface area contributed by atoms with E-state index in [0.717, 1.165) is 55.2 Å². The molecule has 0 saturated carbocycles. The van der Waals surface area contributed by atoms with Crippen molar-refractivity contribution < 1.29 is 19.1 Å². The SMILES string of the molecule is CC(NC(=O)OC(C)(C)C)c1ncc(-c2ccc3cc(-c4ccc5cc(-c6cnc(C(NC(=O)OC(C)(C)C)C(C)C)[nH]6)ccc5c4)ccc3c2)[nH]1. The van der Waals surface area contributed by atoms with Crippen molar-refractivity contribution in [1.82, 2.24) is 30.6 Å². The number of nitrogens with zero attached hydrogens (tertiary/aromatic N) is 2. The zero-order chi connectivity index (χ0) is 37.4. The first kappa shape index (κ1) is 36.2. The number of carbonyl (C=O) groups excluding carboxylic acids is 2. The molecule has 10 nitrogen and oxygen atoms in total. The van der Waals surface area contributed by atoms with Crippen LogP contribution in [0.4, 0.5) is 9.59 Å². The lowest BCUT2D eigenvalue weighted by Crippen LogP contribution is -2.37. The molecular weight excluding hydrogens is 652 g/mol. The Labute approximate surface area is 304 Å². The normalized spacial score (nSPS) is 13.3. The van der Waals surface area contributed by atoms with Crippen molar-refractivity contribution in [3.05, 3.63) is 96.8 Å². The summed E-state index contributed by atoms with van der Waals surface area (Å²) in [4.78, 5) is 40.6. The third-order valence-electron chi connectivity index (χ3n) is 8.60. The molecule has 0 fully saturated rings. The van der Waals surface area contributed by atoms with Gasteiger partial charge in [-0.1, -0.05) is 62.4 Å². The van der Waals surface area contributed by atoms with Gasteiger partial charge in [-0.2, -0.15) is 0 Å². The highest BCUT2D eigenvalue weighted by atomic mass is 16.6. The minimum absolute atomic E-state index is 0.105. The number of amides is 2. The van der Waals surface area contributed by atoms with Crippen LogP contribution >= 0.6 is 0 Å². The fourth-order valence-corrected chi connectivity index (χ4v) is 6.07. The maximum atomic E-state index is 12.5. The van der Waals surface area contributed by atoms with Gasteiger partial charge in [0, 0.05) is 11.1 Å². The fourth-order valence-electron chi connectivity index (χ4n) is 6.07. The second-order valence-corrected chi connectivity index (χ2v) is 15.7. The molecule has 2 unspecified atom stereocenters. The number of H-pyrrole nitrogens is 2. The number of hydrogen-bond donors (Lipinski definition) is 4. The molecule has 0 aliphatic carbocycles. The standard InChI is InChI=1S/C42H48N6O4/c1-24(2)36(48-40(50)52-42(7,8)9)38-44-23-35(47-38)33-17-15-29-19-27(11-13-31(29)21-33)26-10-12-30-20-32(16-14-28(30)18-26)34-22-43-37(46-34)25(3)45-39(49)51-41(4,5)6/h10-25,36H,1-9H3,(H,43,46)(H,44,47)(H,45,49)(H,48,50). The number of fused-ring (bicyclic) bond motifs is 2. The summed E-state index contributed by atoms with van der Waals surface area (Å²) >= 11 is 0. The summed E-state index contributed by atoms with van der Waals surface area (Å²) in [6.45, 7) is 17.0. The molecule has 2 atom stereocenters. The number of nitrogens with one attached hydrogen (secondary N) is 4. The van der Waals surface area contributed by atoms with Gasteiger partial charge in [0.15, 0.2) is 0 Å². The summed E-state index contributed by atoms with van der Waals surface area (Å²) in [5.74, 6) is 1.45. The molecule has 2 amide bonds. The van der Waals surface area contributed by atoms with Crippen LogP contribution in [0.25, 0.3) is 55.2 Å². The largest absolute Gasteiger partial charge is 0.444 e. The number of hydrogen-bond acceptors (Lipinski definition) is 6. The maximum absolute atomic E-state index is 12.5. The highest BCUT2D eigenvalue weighted by Crippen LogP contribution is 2.32. The van der Waals surface area contributed by atoms with Gasteiger partial charge in [0.05, 0.1) is 35.9 Å². The van der Waals surface area contributed by atoms with E-state index in [1.54, 1.807) is 6.20 Å². The molecular formula is C42H48N6O4. The van der Waals surface area contributed by atoms with E-state index in [4.69, 9.17) is 9.47 Å². The van der Waals surface area contributed by atoms with Crippen LogP contribution in [0.2, 0.25) is 0 Å². The number of aromatic nitrogens is 4. The number of alkyl carbamates (subject to hydrolysis) is 2. The number of carbonyl (C=O) groups is 2. The molecule has 4 aromatic carbocycles. The van der Waals surface area contributed by atoms with Gasteiger partial charge >= 0.3 is 12.2 Å². The van der Waals surface area contributed by atoms with E-state index >= 15 is 0 Å². The molecule has 0 bridgehead atoms. The second-order valence-electron chi connectivity index (χ2n) is 15.7. The Morgan fingerprint density at radius 1 is 0.577 bits per heavy atom. The molecule has 0 radical (unpaired) electrons. The van der Waals surface area contributed by atoms with Crippen LogP contribution in [0.15, 0.2) is 85.2 Å². The fraction of sp³-hybridized carbons (Fsp3) is 0.333. The predicted octanol–water partition coefficient (Wildman–Crippen LogP) is 10.2. The lowest BCUT2D eigenvalue weighted by molar-refractivity contribution is 0.0481. The van der Waals surface area contributed by atoms with Crippen molar-refractivity contribution in [2.75, 3.05) is 0 Å². The van der Waals surface area contributed by atoms with Crippen LogP contribution in [0.3, 0.4) is 0 Å². The van der Waals surface area contributed by atoms with Gasteiger partial charge in [-0.3, -0.25) is 0 Å². The third-order valence-corrected chi connectivity index (χ3v) is 8.60. The van der Waals surface area contributed by atoms with Gasteiger partial charge in [-0.15, -0.1) is 0 Å². The molecule has 0 spiro atoms. The van der Waals surface area contributed by atoms with Crippen LogP contribution in [0.1, 0.15) is 86.0 Å². The third kappa shape index (κ3) is 8.62. The van der Waals surface area contributed by atoms with E-state index in [-0.39, 0.29) is 18.0 Å². The van der Waals surface area contributed by atoms with Crippen molar-refractivity contribution in [2.45, 2.75) is 85.6 Å². The zero-order valence-corrected chi connectivity index (χ0v) is 31.3. The van der Waals surface area contributed by atoms with Gasteiger partial charge in [-0.05, 0) is 111 Å². The van der Waals surface area contributed by atoms with E-state index < -0.39 is 23.4 Å². The molecule has 0 aliphatic heterocycles. The van der Waals surface area contributed by atoms with Crippen molar-refractivity contribution in [3.8, 4) is 33.6 Å². The van der Waals surface area contributed by atoms with Gasteiger partial charge < -0.3 is 30.1 Å². The van der Waals surface area contributed by atoms with Gasteiger partial charge in [0.2, 0.25) is 0 Å². The second kappa shape index (κ2) is 14.2. The van der Waals surface area contributed by atoms with Crippen LogP contribution < -0.4 is 10.6 Å². The zero-order valence-electron chi connectivity index (χ0n) is 31.3. The lowest BCUT2D eigenvalue weighted by Gasteiger charge is -2.24. The molecule has 6 aromatic rings. The average Bonchev–Trinajstić information content (AvgIpc) is 3.76. The summed E-state index contributed by atoms with van der Waals surface area (Å²) in [6.07, 6.45) is 2.65. The van der Waals surface area contributed by atoms with E-state index in [9.17, 15) is 9.59 Å². The molecule has 6 rings (SSSR count). The molecule has 0 aliphatic rings. The number of aromatic amines is 2. The number of imidazole rings is 2. The Kier molecular flexibility index (Phi) is 9.86. The monoisotopic (exact) mass is 700 g/mol. The van der Waals surface area contributed by atoms with Gasteiger partial charge in [-0.25, -0.2) is 19.6 Å². The van der Waals surface area contributed by atoms with E-state index in [1.807, 2.05) is 68.5 Å². The Morgan fingerprint density at radius 3 is 1.40 bits per heavy atom. The highest BCUT2D eigenvalue weighted by molar-refractivity contribution is 5.94. The smallest absolute Gasteiger partial charge is 0.408 e. The van der Waals surface area contributed by atoms with Crippen LogP contribution in [-0.2, 0) is 9.47 Å². The summed E-state index contributed by atoms with van der Waals surface area (Å²) in [6, 6.07) is 25.1. The van der Waals surface area contributed by atoms with Crippen molar-refractivity contribution >= 4 is 33.7 Å². The molecule has 270 valence electrons. The number of benzene rings is 4. The van der Waals surface area contributed by atoms with Crippen LogP contribution in [0, 0.1) is 5.92 Å². The molecule has 2 heterocycles. The summed E-state index contributed by atoms with van der Waals surface area (Å²) in [5.41, 5.74) is 4.88. The molecule has 2 aromatic heterocycles. The highest BCUT2D eigenvalue weighted by Gasteiger charge is 2.25. The first-order valence-electron chi connectivity index (χ1n) is 17.7. The van der Waals surface area contributed by atoms with Crippen LogP contribution in [0.5, 0.6) is 0 Å². The maximum Gasteiger partial charge on any atom is 0.408 e. The summed E-state index contributed by atoms with van der Waals surface area (Å²) < 4.78 is 10.9. The quantitative estimate of drug-likeness (QED) is 0.125. The average molecular weight is 701 g/mol. The first-order valence-corrected chi connectivity index (χ1v) is 17.7. The molecule has 10 heteroatoms. The number of rotatable bonds is 8. The molecule has 0 saturated heterocycles. The Hall–Kier alpha value is -5.64. The Balaban J connectivity index is 1.16. The van der Waals surface area contributed by atoms with Gasteiger partial charge in [0.25, 0.3) is 0 Å². The van der Waals surface area contributed by atoms with Crippen LogP contribution in [-0.4, -0.2) is 43.3 Å². The summed E-state index contributed by atoms with van der Waals surface area (Å²) in [7, 11) is 0. The van der Waals surface area contributed by atoms with E-state index in [2.05, 4.69) is 103 Å². The number of ether oxygens (including phenoxy) is 2. The van der Waals surface area contributed by atoms with Crippen molar-refractivity contribution in [1.29, 1.82) is 0 Å².